The highest BCUT2D eigenvalue weighted by atomic mass is 19.2. The smallest absolute Gasteiger partial charge is 0.194 e. The average Bonchev–Trinajstić information content (AvgIpc) is 2.44. The van der Waals surface area contributed by atoms with Crippen LogP contribution in [0.1, 0.15) is 22.8 Å². The molecule has 20 heavy (non-hydrogen) atoms. The number of aliphatic hydroxyl groups is 1. The number of aryl methyl sites for hydroxylation is 1. The molecular formula is C15H13F3O2. The first kappa shape index (κ1) is 14.4. The van der Waals surface area contributed by atoms with E-state index in [-0.39, 0.29) is 5.56 Å². The van der Waals surface area contributed by atoms with E-state index in [0.29, 0.717) is 11.3 Å². The van der Waals surface area contributed by atoms with Gasteiger partial charge in [0.05, 0.1) is 7.11 Å². The Kier molecular flexibility index (Phi) is 3.99. The van der Waals surface area contributed by atoms with E-state index in [1.165, 1.54) is 13.2 Å². The molecular weight excluding hydrogens is 269 g/mol. The van der Waals surface area contributed by atoms with Crippen LogP contribution in [0.4, 0.5) is 13.2 Å². The van der Waals surface area contributed by atoms with E-state index in [9.17, 15) is 18.3 Å². The third-order valence-electron chi connectivity index (χ3n) is 3.09. The van der Waals surface area contributed by atoms with E-state index in [4.69, 9.17) is 4.74 Å². The highest BCUT2D eigenvalue weighted by molar-refractivity contribution is 5.40. The Balaban J connectivity index is 2.44. The summed E-state index contributed by atoms with van der Waals surface area (Å²) in [7, 11) is 1.51. The molecule has 5 heteroatoms. The van der Waals surface area contributed by atoms with E-state index < -0.39 is 23.6 Å². The van der Waals surface area contributed by atoms with E-state index in [1.54, 1.807) is 19.1 Å². The van der Waals surface area contributed by atoms with Crippen molar-refractivity contribution in [2.75, 3.05) is 7.11 Å². The van der Waals surface area contributed by atoms with Gasteiger partial charge < -0.3 is 9.84 Å². The molecule has 1 atom stereocenters. The third-order valence-corrected chi connectivity index (χ3v) is 3.09. The van der Waals surface area contributed by atoms with E-state index in [2.05, 4.69) is 0 Å². The third kappa shape index (κ3) is 2.49. The van der Waals surface area contributed by atoms with Gasteiger partial charge in [-0.3, -0.25) is 0 Å². The van der Waals surface area contributed by atoms with Crippen molar-refractivity contribution in [2.24, 2.45) is 0 Å². The van der Waals surface area contributed by atoms with E-state index in [1.807, 2.05) is 0 Å². The highest BCUT2D eigenvalue weighted by Crippen LogP contribution is 2.29. The maximum Gasteiger partial charge on any atom is 0.194 e. The van der Waals surface area contributed by atoms with Gasteiger partial charge in [0.2, 0.25) is 0 Å². The topological polar surface area (TPSA) is 29.5 Å². The molecule has 0 bridgehead atoms. The zero-order chi connectivity index (χ0) is 14.9. The normalized spacial score (nSPS) is 12.3. The summed E-state index contributed by atoms with van der Waals surface area (Å²) in [5.41, 5.74) is 0.800. The lowest BCUT2D eigenvalue weighted by Crippen LogP contribution is -2.06. The standard InChI is InChI=1S/C15H13F3O2/c1-8-7-9(3-6-12(8)20-2)15(19)10-4-5-11(16)14(18)13(10)17/h3-7,15,19H,1-2H3. The summed E-state index contributed by atoms with van der Waals surface area (Å²) in [6, 6.07) is 6.57. The van der Waals surface area contributed by atoms with Crippen LogP contribution in [-0.2, 0) is 0 Å². The number of hydrogen-bond donors (Lipinski definition) is 1. The summed E-state index contributed by atoms with van der Waals surface area (Å²) >= 11 is 0. The van der Waals surface area contributed by atoms with Crippen LogP contribution in [0.3, 0.4) is 0 Å². The molecule has 0 amide bonds. The van der Waals surface area contributed by atoms with Gasteiger partial charge in [-0.2, -0.15) is 0 Å². The Morgan fingerprint density at radius 2 is 1.75 bits per heavy atom. The molecule has 0 spiro atoms. The molecule has 0 radical (unpaired) electrons. The lowest BCUT2D eigenvalue weighted by molar-refractivity contribution is 0.212. The first-order valence-electron chi connectivity index (χ1n) is 5.91. The highest BCUT2D eigenvalue weighted by Gasteiger charge is 2.20. The predicted octanol–water partition coefficient (Wildman–Crippen LogP) is 3.50. The molecule has 0 saturated heterocycles. The first-order chi connectivity index (χ1) is 9.45. The molecule has 106 valence electrons. The van der Waals surface area contributed by atoms with Gasteiger partial charge in [0, 0.05) is 5.56 Å². The monoisotopic (exact) mass is 282 g/mol. The van der Waals surface area contributed by atoms with Crippen molar-refractivity contribution in [1.29, 1.82) is 0 Å². The van der Waals surface area contributed by atoms with Gasteiger partial charge in [-0.1, -0.05) is 12.1 Å². The number of halogens is 3. The fourth-order valence-electron chi connectivity index (χ4n) is 2.00. The van der Waals surface area contributed by atoms with Crippen LogP contribution in [-0.4, -0.2) is 12.2 Å². The summed E-state index contributed by atoms with van der Waals surface area (Å²) in [6.07, 6.45) is -1.38. The van der Waals surface area contributed by atoms with Crippen molar-refractivity contribution >= 4 is 0 Å². The quantitative estimate of drug-likeness (QED) is 0.873. The molecule has 0 heterocycles. The van der Waals surface area contributed by atoms with Crippen molar-refractivity contribution in [3.05, 3.63) is 64.5 Å². The molecule has 2 rings (SSSR count). The molecule has 2 nitrogen and oxygen atoms in total. The van der Waals surface area contributed by atoms with Crippen molar-refractivity contribution in [3.63, 3.8) is 0 Å². The molecule has 2 aromatic carbocycles. The summed E-state index contributed by atoms with van der Waals surface area (Å²) < 4.78 is 44.8. The molecule has 0 aliphatic rings. The Morgan fingerprint density at radius 3 is 2.35 bits per heavy atom. The minimum absolute atomic E-state index is 0.312. The maximum atomic E-state index is 13.6. The number of aliphatic hydroxyl groups excluding tert-OH is 1. The van der Waals surface area contributed by atoms with Gasteiger partial charge in [-0.15, -0.1) is 0 Å². The SMILES string of the molecule is COc1ccc(C(O)c2ccc(F)c(F)c2F)cc1C. The van der Waals surface area contributed by atoms with E-state index in [0.717, 1.165) is 17.7 Å². The van der Waals surface area contributed by atoms with Gasteiger partial charge in [0.15, 0.2) is 17.5 Å². The fourth-order valence-corrected chi connectivity index (χ4v) is 2.00. The zero-order valence-electron chi connectivity index (χ0n) is 11.0. The molecule has 0 aromatic heterocycles. The molecule has 1 unspecified atom stereocenters. The Labute approximate surface area is 114 Å². The van der Waals surface area contributed by atoms with Crippen molar-refractivity contribution in [1.82, 2.24) is 0 Å². The average molecular weight is 282 g/mol. The van der Waals surface area contributed by atoms with Gasteiger partial charge in [0.25, 0.3) is 0 Å². The van der Waals surface area contributed by atoms with Crippen molar-refractivity contribution < 1.29 is 23.0 Å². The van der Waals surface area contributed by atoms with Crippen molar-refractivity contribution in [3.8, 4) is 5.75 Å². The summed E-state index contributed by atoms with van der Waals surface area (Å²) in [5, 5.41) is 10.1. The molecule has 0 aliphatic carbocycles. The second-order valence-electron chi connectivity index (χ2n) is 4.40. The molecule has 2 aromatic rings. The molecule has 0 aliphatic heterocycles. The largest absolute Gasteiger partial charge is 0.496 e. The number of hydrogen-bond acceptors (Lipinski definition) is 2. The van der Waals surface area contributed by atoms with Gasteiger partial charge in [-0.25, -0.2) is 13.2 Å². The maximum absolute atomic E-state index is 13.6. The summed E-state index contributed by atoms with van der Waals surface area (Å²) in [5.74, 6) is -3.64. The van der Waals surface area contributed by atoms with Crippen LogP contribution >= 0.6 is 0 Å². The van der Waals surface area contributed by atoms with E-state index >= 15 is 0 Å². The Bertz CT molecular complexity index is 641. The second kappa shape index (κ2) is 5.54. The number of methoxy groups -OCH3 is 1. The Morgan fingerprint density at radius 1 is 1.05 bits per heavy atom. The molecule has 0 saturated carbocycles. The van der Waals surface area contributed by atoms with Gasteiger partial charge in [0.1, 0.15) is 11.9 Å². The van der Waals surface area contributed by atoms with Gasteiger partial charge in [-0.05, 0) is 36.2 Å². The van der Waals surface area contributed by atoms with Crippen LogP contribution < -0.4 is 4.74 Å². The molecule has 0 fully saturated rings. The van der Waals surface area contributed by atoms with Crippen LogP contribution in [0.5, 0.6) is 5.75 Å². The number of benzene rings is 2. The van der Waals surface area contributed by atoms with Crippen molar-refractivity contribution in [2.45, 2.75) is 13.0 Å². The van der Waals surface area contributed by atoms with Crippen LogP contribution in [0, 0.1) is 24.4 Å². The van der Waals surface area contributed by atoms with Gasteiger partial charge >= 0.3 is 0 Å². The van der Waals surface area contributed by atoms with Crippen LogP contribution in [0.2, 0.25) is 0 Å². The summed E-state index contributed by atoms with van der Waals surface area (Å²) in [4.78, 5) is 0. The zero-order valence-corrected chi connectivity index (χ0v) is 11.0. The Hall–Kier alpha value is -2.01. The lowest BCUT2D eigenvalue weighted by Gasteiger charge is -2.15. The predicted molar refractivity (Wildman–Crippen MR) is 68.1 cm³/mol. The fraction of sp³-hybridized carbons (Fsp3) is 0.200. The summed E-state index contributed by atoms with van der Waals surface area (Å²) in [6.45, 7) is 1.76. The minimum Gasteiger partial charge on any atom is -0.496 e. The number of rotatable bonds is 3. The second-order valence-corrected chi connectivity index (χ2v) is 4.40. The lowest BCUT2D eigenvalue weighted by atomic mass is 9.99. The number of ether oxygens (including phenoxy) is 1. The molecule has 1 N–H and O–H groups in total. The minimum atomic E-state index is -1.59. The van der Waals surface area contributed by atoms with Crippen LogP contribution in [0.15, 0.2) is 30.3 Å². The van der Waals surface area contributed by atoms with Crippen LogP contribution in [0.25, 0.3) is 0 Å². The first-order valence-corrected chi connectivity index (χ1v) is 5.91.